The highest BCUT2D eigenvalue weighted by Crippen LogP contribution is 2.19. The minimum absolute atomic E-state index is 0.641. The summed E-state index contributed by atoms with van der Waals surface area (Å²) >= 11 is 6.11. The number of halogens is 1. The van der Waals surface area contributed by atoms with Crippen LogP contribution in [0.15, 0.2) is 36.5 Å². The third-order valence-electron chi connectivity index (χ3n) is 2.86. The number of fused-ring (bicyclic) bond motifs is 1. The highest BCUT2D eigenvalue weighted by molar-refractivity contribution is 6.31. The Hall–Kier alpha value is -1.98. The first-order valence-electron chi connectivity index (χ1n) is 5.89. The Balaban J connectivity index is 2.13. The molecule has 0 atom stereocenters. The highest BCUT2D eigenvalue weighted by Gasteiger charge is 2.09. The van der Waals surface area contributed by atoms with Crippen molar-refractivity contribution < 1.29 is 0 Å². The lowest BCUT2D eigenvalue weighted by Crippen LogP contribution is -2.08. The summed E-state index contributed by atoms with van der Waals surface area (Å²) in [4.78, 5) is 4.31. The van der Waals surface area contributed by atoms with Gasteiger partial charge < -0.3 is 5.32 Å². The molecule has 0 aliphatic rings. The monoisotopic (exact) mass is 273 g/mol. The maximum absolute atomic E-state index is 6.11. The molecule has 0 radical (unpaired) electrons. The Kier molecular flexibility index (Phi) is 3.15. The first-order valence-corrected chi connectivity index (χ1v) is 6.27. The minimum Gasteiger partial charge on any atom is -0.316 e. The van der Waals surface area contributed by atoms with Crippen LogP contribution < -0.4 is 5.32 Å². The van der Waals surface area contributed by atoms with Crippen molar-refractivity contribution in [3.63, 3.8) is 0 Å². The van der Waals surface area contributed by atoms with Gasteiger partial charge in [0.05, 0.1) is 10.5 Å². The smallest absolute Gasteiger partial charge is 0.156 e. The van der Waals surface area contributed by atoms with E-state index in [0.717, 1.165) is 16.6 Å². The van der Waals surface area contributed by atoms with Crippen molar-refractivity contribution in [1.29, 1.82) is 0 Å². The van der Waals surface area contributed by atoms with Crippen molar-refractivity contribution in [2.75, 3.05) is 7.05 Å². The molecule has 2 aromatic heterocycles. The van der Waals surface area contributed by atoms with Crippen LogP contribution in [-0.4, -0.2) is 27.0 Å². The number of nitrogens with one attached hydrogen (secondary N) is 1. The summed E-state index contributed by atoms with van der Waals surface area (Å²) in [6, 6.07) is 9.68. The molecule has 5 nitrogen and oxygen atoms in total. The van der Waals surface area contributed by atoms with Crippen molar-refractivity contribution in [2.24, 2.45) is 0 Å². The molecule has 3 rings (SSSR count). The van der Waals surface area contributed by atoms with Gasteiger partial charge in [0.25, 0.3) is 0 Å². The standard InChI is InChI=1S/C13H12ClN5/c1-15-7-9-6-13(16-8-10(9)14)19-12-5-3-2-4-11(12)17-18-19/h2-6,8,15H,7H2,1H3. The Morgan fingerprint density at radius 3 is 3.00 bits per heavy atom. The Morgan fingerprint density at radius 2 is 2.16 bits per heavy atom. The predicted octanol–water partition coefficient (Wildman–Crippen LogP) is 2.19. The fraction of sp³-hybridized carbons (Fsp3) is 0.154. The van der Waals surface area contributed by atoms with E-state index in [1.807, 2.05) is 37.4 Å². The molecule has 0 unspecified atom stereocenters. The quantitative estimate of drug-likeness (QED) is 0.795. The summed E-state index contributed by atoms with van der Waals surface area (Å²) in [5.41, 5.74) is 2.75. The van der Waals surface area contributed by atoms with E-state index in [0.29, 0.717) is 17.4 Å². The van der Waals surface area contributed by atoms with Crippen molar-refractivity contribution in [3.8, 4) is 5.82 Å². The molecule has 0 aliphatic heterocycles. The van der Waals surface area contributed by atoms with Gasteiger partial charge in [-0.25, -0.2) is 4.98 Å². The van der Waals surface area contributed by atoms with E-state index in [9.17, 15) is 0 Å². The van der Waals surface area contributed by atoms with E-state index in [2.05, 4.69) is 20.6 Å². The lowest BCUT2D eigenvalue weighted by Gasteiger charge is -2.06. The molecule has 3 aromatic rings. The van der Waals surface area contributed by atoms with Crippen LogP contribution in [0, 0.1) is 0 Å². The maximum atomic E-state index is 6.11. The van der Waals surface area contributed by atoms with Gasteiger partial charge in [-0.3, -0.25) is 0 Å². The van der Waals surface area contributed by atoms with Gasteiger partial charge in [-0.15, -0.1) is 5.10 Å². The zero-order valence-corrected chi connectivity index (χ0v) is 11.1. The van der Waals surface area contributed by atoms with Crippen LogP contribution in [-0.2, 0) is 6.54 Å². The lowest BCUT2D eigenvalue weighted by atomic mass is 10.2. The Bertz CT molecular complexity index is 722. The third kappa shape index (κ3) is 2.18. The second kappa shape index (κ2) is 4.95. The highest BCUT2D eigenvalue weighted by atomic mass is 35.5. The molecule has 0 fully saturated rings. The average Bonchev–Trinajstić information content (AvgIpc) is 2.85. The largest absolute Gasteiger partial charge is 0.316 e. The van der Waals surface area contributed by atoms with Gasteiger partial charge in [0.2, 0.25) is 0 Å². The lowest BCUT2D eigenvalue weighted by molar-refractivity contribution is 0.784. The molecule has 0 amide bonds. The normalized spacial score (nSPS) is 11.1. The number of aromatic nitrogens is 4. The van der Waals surface area contributed by atoms with E-state index in [4.69, 9.17) is 11.6 Å². The van der Waals surface area contributed by atoms with Crippen molar-refractivity contribution in [3.05, 3.63) is 47.1 Å². The average molecular weight is 274 g/mol. The van der Waals surface area contributed by atoms with Gasteiger partial charge in [0, 0.05) is 12.7 Å². The molecular formula is C13H12ClN5. The molecule has 96 valence electrons. The van der Waals surface area contributed by atoms with Crippen LogP contribution in [0.2, 0.25) is 5.02 Å². The van der Waals surface area contributed by atoms with Gasteiger partial charge in [0.15, 0.2) is 5.82 Å². The predicted molar refractivity (Wildman–Crippen MR) is 74.4 cm³/mol. The fourth-order valence-electron chi connectivity index (χ4n) is 1.95. The second-order valence-corrected chi connectivity index (χ2v) is 4.56. The molecular weight excluding hydrogens is 262 g/mol. The summed E-state index contributed by atoms with van der Waals surface area (Å²) in [6.45, 7) is 0.682. The van der Waals surface area contributed by atoms with E-state index in [1.165, 1.54) is 0 Å². The van der Waals surface area contributed by atoms with Gasteiger partial charge in [0.1, 0.15) is 5.52 Å². The number of pyridine rings is 1. The second-order valence-electron chi connectivity index (χ2n) is 4.15. The number of nitrogens with zero attached hydrogens (tertiary/aromatic N) is 4. The van der Waals surface area contributed by atoms with Gasteiger partial charge in [-0.2, -0.15) is 4.68 Å². The minimum atomic E-state index is 0.641. The van der Waals surface area contributed by atoms with Crippen LogP contribution in [0.5, 0.6) is 0 Å². The first kappa shape index (κ1) is 12.1. The SMILES string of the molecule is CNCc1cc(-n2nnc3ccccc32)ncc1Cl. The number of hydrogen-bond donors (Lipinski definition) is 1. The summed E-state index contributed by atoms with van der Waals surface area (Å²) < 4.78 is 1.71. The van der Waals surface area contributed by atoms with Crippen LogP contribution >= 0.6 is 11.6 Å². The van der Waals surface area contributed by atoms with E-state index < -0.39 is 0 Å². The topological polar surface area (TPSA) is 55.6 Å². The third-order valence-corrected chi connectivity index (χ3v) is 3.20. The van der Waals surface area contributed by atoms with Gasteiger partial charge in [-0.05, 0) is 30.8 Å². The summed E-state index contributed by atoms with van der Waals surface area (Å²) in [6.07, 6.45) is 1.64. The number of hydrogen-bond acceptors (Lipinski definition) is 4. The van der Waals surface area contributed by atoms with E-state index in [1.54, 1.807) is 10.9 Å². The van der Waals surface area contributed by atoms with Crippen LogP contribution in [0.25, 0.3) is 16.9 Å². The van der Waals surface area contributed by atoms with Crippen LogP contribution in [0.4, 0.5) is 0 Å². The summed E-state index contributed by atoms with van der Waals surface area (Å²) in [5.74, 6) is 0.711. The van der Waals surface area contributed by atoms with Crippen LogP contribution in [0.3, 0.4) is 0 Å². The number of rotatable bonds is 3. The molecule has 1 aromatic carbocycles. The molecule has 2 heterocycles. The first-order chi connectivity index (χ1) is 9.29. The van der Waals surface area contributed by atoms with Gasteiger partial charge in [-0.1, -0.05) is 28.9 Å². The summed E-state index contributed by atoms with van der Waals surface area (Å²) in [5, 5.41) is 12.0. The molecule has 0 bridgehead atoms. The van der Waals surface area contributed by atoms with Crippen molar-refractivity contribution in [1.82, 2.24) is 25.3 Å². The molecule has 0 aliphatic carbocycles. The van der Waals surface area contributed by atoms with Crippen molar-refractivity contribution >= 4 is 22.6 Å². The zero-order valence-electron chi connectivity index (χ0n) is 10.3. The molecule has 1 N–H and O–H groups in total. The molecule has 6 heteroatoms. The zero-order chi connectivity index (χ0) is 13.2. The van der Waals surface area contributed by atoms with E-state index >= 15 is 0 Å². The van der Waals surface area contributed by atoms with E-state index in [-0.39, 0.29) is 0 Å². The number of para-hydroxylation sites is 1. The molecule has 19 heavy (non-hydrogen) atoms. The Morgan fingerprint density at radius 1 is 1.32 bits per heavy atom. The van der Waals surface area contributed by atoms with Gasteiger partial charge >= 0.3 is 0 Å². The van der Waals surface area contributed by atoms with Crippen LogP contribution in [0.1, 0.15) is 5.56 Å². The molecule has 0 saturated heterocycles. The molecule has 0 saturated carbocycles. The Labute approximate surface area is 115 Å². The molecule has 0 spiro atoms. The van der Waals surface area contributed by atoms with Crippen molar-refractivity contribution in [2.45, 2.75) is 6.54 Å². The maximum Gasteiger partial charge on any atom is 0.156 e. The fourth-order valence-corrected chi connectivity index (χ4v) is 2.12. The summed E-state index contributed by atoms with van der Waals surface area (Å²) in [7, 11) is 1.88. The number of benzene rings is 1.